The Morgan fingerprint density at radius 1 is 1.35 bits per heavy atom. The molecule has 0 aliphatic heterocycles. The summed E-state index contributed by atoms with van der Waals surface area (Å²) in [6, 6.07) is 1.99. The van der Waals surface area contributed by atoms with Crippen LogP contribution < -0.4 is 10.1 Å². The van der Waals surface area contributed by atoms with E-state index in [0.717, 1.165) is 48.0 Å². The van der Waals surface area contributed by atoms with E-state index in [0.29, 0.717) is 0 Å². The van der Waals surface area contributed by atoms with Crippen LogP contribution in [0, 0.1) is 13.8 Å². The predicted molar refractivity (Wildman–Crippen MR) is 79.0 cm³/mol. The van der Waals surface area contributed by atoms with Gasteiger partial charge in [-0.1, -0.05) is 6.92 Å². The van der Waals surface area contributed by atoms with Crippen LogP contribution in [0.15, 0.2) is 18.5 Å². The Morgan fingerprint density at radius 3 is 2.80 bits per heavy atom. The summed E-state index contributed by atoms with van der Waals surface area (Å²) in [5.41, 5.74) is 3.01. The average Bonchev–Trinajstić information content (AvgIpc) is 2.67. The van der Waals surface area contributed by atoms with Gasteiger partial charge >= 0.3 is 0 Å². The Kier molecular flexibility index (Phi) is 4.74. The van der Waals surface area contributed by atoms with Crippen molar-refractivity contribution in [2.45, 2.75) is 33.7 Å². The molecule has 0 aromatic carbocycles. The third kappa shape index (κ3) is 3.17. The lowest BCUT2D eigenvalue weighted by atomic mass is 10.2. The number of hydrogen-bond acceptors (Lipinski definition) is 4. The molecule has 0 spiro atoms. The van der Waals surface area contributed by atoms with Gasteiger partial charge in [0.2, 0.25) is 0 Å². The summed E-state index contributed by atoms with van der Waals surface area (Å²) in [7, 11) is 1.92. The van der Waals surface area contributed by atoms with Gasteiger partial charge in [0.15, 0.2) is 5.75 Å². The van der Waals surface area contributed by atoms with Gasteiger partial charge in [0.05, 0.1) is 11.9 Å². The fraction of sp³-hybridized carbons (Fsp3) is 0.467. The van der Waals surface area contributed by atoms with Crippen LogP contribution in [0.3, 0.4) is 0 Å². The first-order valence-electron chi connectivity index (χ1n) is 6.95. The van der Waals surface area contributed by atoms with E-state index in [2.05, 4.69) is 22.3 Å². The van der Waals surface area contributed by atoms with E-state index in [4.69, 9.17) is 4.74 Å². The molecule has 0 saturated heterocycles. The molecule has 5 heteroatoms. The van der Waals surface area contributed by atoms with Crippen molar-refractivity contribution in [1.29, 1.82) is 0 Å². The van der Waals surface area contributed by atoms with Crippen LogP contribution in [0.5, 0.6) is 11.5 Å². The molecule has 2 aromatic heterocycles. The molecule has 108 valence electrons. The zero-order valence-corrected chi connectivity index (χ0v) is 12.6. The maximum Gasteiger partial charge on any atom is 0.171 e. The highest BCUT2D eigenvalue weighted by atomic mass is 16.5. The van der Waals surface area contributed by atoms with Crippen molar-refractivity contribution in [2.75, 3.05) is 6.54 Å². The van der Waals surface area contributed by atoms with Crippen molar-refractivity contribution in [1.82, 2.24) is 20.1 Å². The molecule has 0 bridgehead atoms. The van der Waals surface area contributed by atoms with Crippen molar-refractivity contribution in [2.24, 2.45) is 7.05 Å². The summed E-state index contributed by atoms with van der Waals surface area (Å²) in [6.45, 7) is 7.88. The van der Waals surface area contributed by atoms with Gasteiger partial charge in [-0.3, -0.25) is 9.67 Å². The smallest absolute Gasteiger partial charge is 0.171 e. The number of ether oxygens (including phenoxy) is 1. The molecule has 5 nitrogen and oxygen atoms in total. The molecule has 0 aliphatic carbocycles. The molecule has 1 N–H and O–H groups in total. The third-order valence-corrected chi connectivity index (χ3v) is 3.27. The summed E-state index contributed by atoms with van der Waals surface area (Å²) in [5.74, 6) is 1.60. The lowest BCUT2D eigenvalue weighted by molar-refractivity contribution is 0.462. The summed E-state index contributed by atoms with van der Waals surface area (Å²) < 4.78 is 7.87. The summed E-state index contributed by atoms with van der Waals surface area (Å²) in [5, 5.41) is 7.75. The second kappa shape index (κ2) is 6.52. The summed E-state index contributed by atoms with van der Waals surface area (Å²) in [4.78, 5) is 4.16. The minimum Gasteiger partial charge on any atom is -0.452 e. The van der Waals surface area contributed by atoms with Gasteiger partial charge in [0, 0.05) is 25.4 Å². The van der Waals surface area contributed by atoms with Crippen LogP contribution in [0.1, 0.15) is 30.3 Å². The average molecular weight is 274 g/mol. The molecule has 0 unspecified atom stereocenters. The molecule has 20 heavy (non-hydrogen) atoms. The highest BCUT2D eigenvalue weighted by molar-refractivity contribution is 5.39. The number of nitrogens with one attached hydrogen (secondary N) is 1. The first kappa shape index (κ1) is 14.5. The van der Waals surface area contributed by atoms with E-state index in [9.17, 15) is 0 Å². The second-order valence-electron chi connectivity index (χ2n) is 4.89. The lowest BCUT2D eigenvalue weighted by Crippen LogP contribution is -2.14. The van der Waals surface area contributed by atoms with Crippen molar-refractivity contribution < 1.29 is 4.74 Å². The molecule has 2 aromatic rings. The second-order valence-corrected chi connectivity index (χ2v) is 4.89. The van der Waals surface area contributed by atoms with E-state index >= 15 is 0 Å². The highest BCUT2D eigenvalue weighted by Crippen LogP contribution is 2.29. The lowest BCUT2D eigenvalue weighted by Gasteiger charge is -2.11. The number of nitrogens with zero attached hydrogens (tertiary/aromatic N) is 3. The minimum absolute atomic E-state index is 0.782. The number of rotatable bonds is 6. The molecule has 0 radical (unpaired) electrons. The number of hydrogen-bond donors (Lipinski definition) is 1. The van der Waals surface area contributed by atoms with Gasteiger partial charge in [-0.25, -0.2) is 0 Å². The Hall–Kier alpha value is -1.88. The van der Waals surface area contributed by atoms with E-state index in [1.807, 2.05) is 31.6 Å². The topological polar surface area (TPSA) is 52.0 Å². The first-order chi connectivity index (χ1) is 9.63. The van der Waals surface area contributed by atoms with Crippen LogP contribution in [0.25, 0.3) is 0 Å². The quantitative estimate of drug-likeness (QED) is 0.823. The molecule has 0 amide bonds. The van der Waals surface area contributed by atoms with Gasteiger partial charge in [0.1, 0.15) is 11.4 Å². The summed E-state index contributed by atoms with van der Waals surface area (Å²) in [6.07, 6.45) is 4.66. The van der Waals surface area contributed by atoms with E-state index in [-0.39, 0.29) is 0 Å². The van der Waals surface area contributed by atoms with Gasteiger partial charge in [-0.05, 0) is 32.9 Å². The molecular formula is C15H22N4O. The van der Waals surface area contributed by atoms with Gasteiger partial charge in [-0.15, -0.1) is 0 Å². The Labute approximate surface area is 120 Å². The van der Waals surface area contributed by atoms with Crippen LogP contribution in [0.4, 0.5) is 0 Å². The minimum atomic E-state index is 0.782. The Morgan fingerprint density at radius 2 is 2.15 bits per heavy atom. The van der Waals surface area contributed by atoms with Gasteiger partial charge < -0.3 is 10.1 Å². The zero-order chi connectivity index (χ0) is 14.5. The molecule has 2 heterocycles. The maximum atomic E-state index is 6.04. The number of aryl methyl sites for hydroxylation is 2. The van der Waals surface area contributed by atoms with Gasteiger partial charge in [-0.2, -0.15) is 5.10 Å². The normalized spacial score (nSPS) is 10.8. The van der Waals surface area contributed by atoms with Crippen LogP contribution in [0.2, 0.25) is 0 Å². The molecule has 0 atom stereocenters. The fourth-order valence-electron chi connectivity index (χ4n) is 2.06. The van der Waals surface area contributed by atoms with E-state index in [1.54, 1.807) is 12.4 Å². The zero-order valence-electron chi connectivity index (χ0n) is 12.6. The summed E-state index contributed by atoms with van der Waals surface area (Å²) >= 11 is 0. The maximum absolute atomic E-state index is 6.04. The first-order valence-corrected chi connectivity index (χ1v) is 6.95. The SMILES string of the molecule is CCCNCc1ccncc1Oc1c(C)nn(C)c1C. The van der Waals surface area contributed by atoms with Crippen molar-refractivity contribution in [3.8, 4) is 11.5 Å². The van der Waals surface area contributed by atoms with Crippen molar-refractivity contribution in [3.05, 3.63) is 35.4 Å². The van der Waals surface area contributed by atoms with Crippen LogP contribution in [-0.2, 0) is 13.6 Å². The largest absolute Gasteiger partial charge is 0.452 e. The molecular weight excluding hydrogens is 252 g/mol. The predicted octanol–water partition coefficient (Wildman–Crippen LogP) is 2.72. The van der Waals surface area contributed by atoms with Crippen LogP contribution in [-0.4, -0.2) is 21.3 Å². The Balaban J connectivity index is 2.20. The molecule has 0 fully saturated rings. The van der Waals surface area contributed by atoms with E-state index in [1.165, 1.54) is 0 Å². The van der Waals surface area contributed by atoms with E-state index < -0.39 is 0 Å². The standard InChI is InChI=1S/C15H22N4O/c1-5-7-16-9-13-6-8-17-10-14(13)20-15-11(2)18-19(4)12(15)3/h6,8,10,16H,5,7,9H2,1-4H3. The fourth-order valence-corrected chi connectivity index (χ4v) is 2.06. The van der Waals surface area contributed by atoms with Crippen molar-refractivity contribution >= 4 is 0 Å². The third-order valence-electron chi connectivity index (χ3n) is 3.27. The highest BCUT2D eigenvalue weighted by Gasteiger charge is 2.13. The number of aromatic nitrogens is 3. The molecule has 0 saturated carbocycles. The Bertz CT molecular complexity index is 577. The van der Waals surface area contributed by atoms with Crippen LogP contribution >= 0.6 is 0 Å². The molecule has 2 rings (SSSR count). The molecule has 0 aliphatic rings. The number of pyridine rings is 1. The van der Waals surface area contributed by atoms with Crippen molar-refractivity contribution in [3.63, 3.8) is 0 Å². The van der Waals surface area contributed by atoms with Gasteiger partial charge in [0.25, 0.3) is 0 Å². The monoisotopic (exact) mass is 274 g/mol.